The summed E-state index contributed by atoms with van der Waals surface area (Å²) in [5, 5.41) is 0.707. The second kappa shape index (κ2) is 7.47. The number of ether oxygens (including phenoxy) is 1. The van der Waals surface area contributed by atoms with Gasteiger partial charge in [-0.05, 0) is 64.1 Å². The van der Waals surface area contributed by atoms with E-state index >= 15 is 0 Å². The normalized spacial score (nSPS) is 10.8. The molecule has 0 aliphatic heterocycles. The minimum atomic E-state index is -0.465. The summed E-state index contributed by atoms with van der Waals surface area (Å²) < 4.78 is 6.74. The highest BCUT2D eigenvalue weighted by Crippen LogP contribution is 2.24. The molecular weight excluding hydrogens is 401 g/mol. The van der Waals surface area contributed by atoms with Gasteiger partial charge in [-0.1, -0.05) is 29.8 Å². The molecular formula is C16H13ClINO2. The van der Waals surface area contributed by atoms with E-state index in [9.17, 15) is 4.79 Å². The van der Waals surface area contributed by atoms with Gasteiger partial charge in [0.25, 0.3) is 0 Å². The molecule has 0 radical (unpaired) electrons. The molecule has 108 valence electrons. The van der Waals surface area contributed by atoms with Crippen LogP contribution in [0.3, 0.4) is 0 Å². The fourth-order valence-corrected chi connectivity index (χ4v) is 2.48. The lowest BCUT2D eigenvalue weighted by Crippen LogP contribution is -2.05. The Hall–Kier alpha value is -1.53. The van der Waals surface area contributed by atoms with E-state index in [0.717, 1.165) is 20.4 Å². The van der Waals surface area contributed by atoms with Crippen LogP contribution in [0.25, 0.3) is 6.08 Å². The van der Waals surface area contributed by atoms with Crippen LogP contribution in [0.15, 0.2) is 48.5 Å². The number of rotatable bonds is 5. The van der Waals surface area contributed by atoms with Crippen molar-refractivity contribution in [3.63, 3.8) is 0 Å². The topological polar surface area (TPSA) is 52.3 Å². The summed E-state index contributed by atoms with van der Waals surface area (Å²) in [7, 11) is 0. The molecule has 21 heavy (non-hydrogen) atoms. The van der Waals surface area contributed by atoms with Gasteiger partial charge in [0.2, 0.25) is 5.91 Å². The average Bonchev–Trinajstić information content (AvgIpc) is 2.46. The quantitative estimate of drug-likeness (QED) is 0.594. The van der Waals surface area contributed by atoms with Gasteiger partial charge in [0, 0.05) is 11.1 Å². The smallest absolute Gasteiger partial charge is 0.241 e. The summed E-state index contributed by atoms with van der Waals surface area (Å²) in [5.74, 6) is 0.329. The van der Waals surface area contributed by atoms with Crippen LogP contribution >= 0.6 is 34.2 Å². The monoisotopic (exact) mass is 413 g/mol. The summed E-state index contributed by atoms with van der Waals surface area (Å²) in [4.78, 5) is 10.7. The van der Waals surface area contributed by atoms with Crippen LogP contribution in [0.2, 0.25) is 5.02 Å². The third kappa shape index (κ3) is 5.06. The molecule has 0 saturated heterocycles. The molecule has 0 heterocycles. The maximum atomic E-state index is 10.7. The van der Waals surface area contributed by atoms with Crippen LogP contribution in [-0.4, -0.2) is 5.91 Å². The Morgan fingerprint density at radius 3 is 2.57 bits per heavy atom. The maximum Gasteiger partial charge on any atom is 0.241 e. The van der Waals surface area contributed by atoms with Gasteiger partial charge in [-0.25, -0.2) is 0 Å². The van der Waals surface area contributed by atoms with Crippen molar-refractivity contribution in [3.05, 3.63) is 68.3 Å². The van der Waals surface area contributed by atoms with Crippen molar-refractivity contribution in [1.82, 2.24) is 0 Å². The summed E-state index contributed by atoms with van der Waals surface area (Å²) in [6.07, 6.45) is 3.01. The number of hydrogen-bond donors (Lipinski definition) is 1. The van der Waals surface area contributed by atoms with Gasteiger partial charge < -0.3 is 10.5 Å². The molecule has 0 bridgehead atoms. The number of benzene rings is 2. The van der Waals surface area contributed by atoms with Crippen molar-refractivity contribution in [2.24, 2.45) is 5.73 Å². The molecule has 2 aromatic carbocycles. The molecule has 1 amide bonds. The van der Waals surface area contributed by atoms with Crippen LogP contribution in [0.4, 0.5) is 0 Å². The van der Waals surface area contributed by atoms with E-state index in [1.54, 1.807) is 6.08 Å². The minimum absolute atomic E-state index is 0.465. The molecule has 0 unspecified atom stereocenters. The van der Waals surface area contributed by atoms with Gasteiger partial charge in [0.15, 0.2) is 0 Å². The number of primary amides is 1. The van der Waals surface area contributed by atoms with Crippen molar-refractivity contribution in [3.8, 4) is 5.75 Å². The highest BCUT2D eigenvalue weighted by atomic mass is 127. The van der Waals surface area contributed by atoms with Gasteiger partial charge in [-0.2, -0.15) is 0 Å². The lowest BCUT2D eigenvalue weighted by atomic mass is 10.2. The Labute approximate surface area is 141 Å². The van der Waals surface area contributed by atoms with Gasteiger partial charge >= 0.3 is 0 Å². The second-order valence-electron chi connectivity index (χ2n) is 4.34. The average molecular weight is 414 g/mol. The van der Waals surface area contributed by atoms with Gasteiger partial charge in [-0.15, -0.1) is 0 Å². The lowest BCUT2D eigenvalue weighted by molar-refractivity contribution is -0.113. The van der Waals surface area contributed by atoms with E-state index in [2.05, 4.69) is 22.6 Å². The van der Waals surface area contributed by atoms with E-state index in [1.165, 1.54) is 6.08 Å². The van der Waals surface area contributed by atoms with Gasteiger partial charge in [0.1, 0.15) is 12.4 Å². The van der Waals surface area contributed by atoms with Crippen LogP contribution in [0.5, 0.6) is 5.75 Å². The lowest BCUT2D eigenvalue weighted by Gasteiger charge is -2.09. The molecule has 0 saturated carbocycles. The molecule has 0 spiro atoms. The van der Waals surface area contributed by atoms with Crippen LogP contribution in [-0.2, 0) is 11.4 Å². The zero-order valence-electron chi connectivity index (χ0n) is 11.1. The number of hydrogen-bond acceptors (Lipinski definition) is 2. The molecule has 5 heteroatoms. The van der Waals surface area contributed by atoms with Crippen LogP contribution in [0.1, 0.15) is 11.1 Å². The first kappa shape index (κ1) is 15.9. The third-order valence-electron chi connectivity index (χ3n) is 2.70. The van der Waals surface area contributed by atoms with Crippen LogP contribution in [0, 0.1) is 3.57 Å². The molecule has 3 nitrogen and oxygen atoms in total. The Balaban J connectivity index is 2.04. The first-order chi connectivity index (χ1) is 10.0. The largest absolute Gasteiger partial charge is 0.488 e. The fraction of sp³-hybridized carbons (Fsp3) is 0.0625. The molecule has 0 fully saturated rings. The zero-order chi connectivity index (χ0) is 15.2. The highest BCUT2D eigenvalue weighted by molar-refractivity contribution is 14.1. The standard InChI is InChI=1S/C16H13ClINO2/c17-13-5-1-12(2-6-13)10-21-15-7-3-11(9-14(15)18)4-8-16(19)20/h1-9H,10H2,(H2,19,20)/b8-4+. The Morgan fingerprint density at radius 1 is 1.24 bits per heavy atom. The predicted molar refractivity (Wildman–Crippen MR) is 93.2 cm³/mol. The fourth-order valence-electron chi connectivity index (χ4n) is 1.66. The van der Waals surface area contributed by atoms with Crippen molar-refractivity contribution < 1.29 is 9.53 Å². The summed E-state index contributed by atoms with van der Waals surface area (Å²) >= 11 is 8.04. The van der Waals surface area contributed by atoms with E-state index in [1.807, 2.05) is 42.5 Å². The number of nitrogens with two attached hydrogens (primary N) is 1. The molecule has 0 aromatic heterocycles. The SMILES string of the molecule is NC(=O)/C=C/c1ccc(OCc2ccc(Cl)cc2)c(I)c1. The van der Waals surface area contributed by atoms with Crippen molar-refractivity contribution in [2.45, 2.75) is 6.61 Å². The number of carbonyl (C=O) groups excluding carboxylic acids is 1. The number of carbonyl (C=O) groups is 1. The first-order valence-electron chi connectivity index (χ1n) is 6.19. The second-order valence-corrected chi connectivity index (χ2v) is 5.94. The summed E-state index contributed by atoms with van der Waals surface area (Å²) in [5.41, 5.74) is 7.02. The Kier molecular flexibility index (Phi) is 5.64. The predicted octanol–water partition coefficient (Wildman–Crippen LogP) is 4.02. The third-order valence-corrected chi connectivity index (χ3v) is 3.80. The highest BCUT2D eigenvalue weighted by Gasteiger charge is 2.02. The van der Waals surface area contributed by atoms with Gasteiger partial charge in [-0.3, -0.25) is 4.79 Å². The summed E-state index contributed by atoms with van der Waals surface area (Å²) in [6, 6.07) is 13.2. The van der Waals surface area contributed by atoms with Crippen molar-refractivity contribution >= 4 is 46.2 Å². The molecule has 2 N–H and O–H groups in total. The minimum Gasteiger partial charge on any atom is -0.488 e. The van der Waals surface area contributed by atoms with E-state index in [-0.39, 0.29) is 0 Å². The van der Waals surface area contributed by atoms with E-state index in [4.69, 9.17) is 22.1 Å². The molecule has 2 aromatic rings. The number of halogens is 2. The maximum absolute atomic E-state index is 10.7. The van der Waals surface area contributed by atoms with Gasteiger partial charge in [0.05, 0.1) is 3.57 Å². The molecule has 0 aliphatic carbocycles. The Morgan fingerprint density at radius 2 is 1.95 bits per heavy atom. The summed E-state index contributed by atoms with van der Waals surface area (Å²) in [6.45, 7) is 0.476. The van der Waals surface area contributed by atoms with Crippen molar-refractivity contribution in [1.29, 1.82) is 0 Å². The molecule has 0 atom stereocenters. The first-order valence-corrected chi connectivity index (χ1v) is 7.64. The zero-order valence-corrected chi connectivity index (χ0v) is 14.0. The molecule has 0 aliphatic rings. The van der Waals surface area contributed by atoms with Crippen molar-refractivity contribution in [2.75, 3.05) is 0 Å². The van der Waals surface area contributed by atoms with E-state index < -0.39 is 5.91 Å². The number of amides is 1. The molecule has 2 rings (SSSR count). The van der Waals surface area contributed by atoms with E-state index in [0.29, 0.717) is 11.6 Å². The van der Waals surface area contributed by atoms with Crippen LogP contribution < -0.4 is 10.5 Å². The Bertz CT molecular complexity index is 668.